The van der Waals surface area contributed by atoms with E-state index in [4.69, 9.17) is 12.6 Å². The molecule has 3 aromatic heterocycles. The molecule has 0 aliphatic rings. The van der Waals surface area contributed by atoms with Crippen molar-refractivity contribution in [2.24, 2.45) is 0 Å². The summed E-state index contributed by atoms with van der Waals surface area (Å²) < 4.78 is 0. The van der Waals surface area contributed by atoms with Crippen LogP contribution in [0.1, 0.15) is 35.6 Å². The van der Waals surface area contributed by atoms with E-state index in [1.54, 1.807) is 25.6 Å². The summed E-state index contributed by atoms with van der Waals surface area (Å²) in [4.78, 5) is 34.3. The summed E-state index contributed by atoms with van der Waals surface area (Å²) in [6.45, 7) is 6.58. The van der Waals surface area contributed by atoms with E-state index in [0.717, 1.165) is 27.7 Å². The van der Waals surface area contributed by atoms with Crippen LogP contribution in [0, 0.1) is 6.92 Å². The lowest BCUT2D eigenvalue weighted by molar-refractivity contribution is 0.0964. The monoisotopic (exact) mass is 473 g/mol. The molecule has 9 heteroatoms. The van der Waals surface area contributed by atoms with E-state index in [0.29, 0.717) is 23.8 Å². The molecular formula is C25H27N7OS. The first kappa shape index (κ1) is 23.6. The lowest BCUT2D eigenvalue weighted by Gasteiger charge is -2.35. The molecule has 0 spiro atoms. The summed E-state index contributed by atoms with van der Waals surface area (Å²) in [6, 6.07) is 9.47. The molecule has 0 aliphatic carbocycles. The number of thiol groups is 1. The molecule has 1 aromatic carbocycles. The first-order chi connectivity index (χ1) is 16.3. The summed E-state index contributed by atoms with van der Waals surface area (Å²) in [6.07, 6.45) is 6.77. The van der Waals surface area contributed by atoms with E-state index in [9.17, 15) is 4.79 Å². The molecule has 3 heterocycles. The second-order valence-electron chi connectivity index (χ2n) is 8.39. The van der Waals surface area contributed by atoms with Gasteiger partial charge in [-0.3, -0.25) is 9.78 Å². The van der Waals surface area contributed by atoms with Crippen molar-refractivity contribution in [2.75, 3.05) is 18.9 Å². The van der Waals surface area contributed by atoms with Gasteiger partial charge >= 0.3 is 0 Å². The van der Waals surface area contributed by atoms with Gasteiger partial charge in [0.2, 0.25) is 0 Å². The minimum Gasteiger partial charge on any atom is -0.369 e. The Morgan fingerprint density at radius 1 is 1.12 bits per heavy atom. The number of anilines is 1. The molecule has 1 amide bonds. The third-order valence-electron chi connectivity index (χ3n) is 6.16. The quantitative estimate of drug-likeness (QED) is 0.350. The van der Waals surface area contributed by atoms with Gasteiger partial charge in [-0.15, -0.1) is 0 Å². The summed E-state index contributed by atoms with van der Waals surface area (Å²) in [5, 5.41) is 6.94. The Morgan fingerprint density at radius 3 is 2.59 bits per heavy atom. The molecular weight excluding hydrogens is 446 g/mol. The molecule has 0 fully saturated rings. The first-order valence-corrected chi connectivity index (χ1v) is 11.5. The Balaban J connectivity index is 1.68. The van der Waals surface area contributed by atoms with Gasteiger partial charge in [-0.25, -0.2) is 19.9 Å². The molecule has 0 saturated carbocycles. The van der Waals surface area contributed by atoms with Crippen molar-refractivity contribution in [1.29, 1.82) is 0 Å². The highest BCUT2D eigenvalue weighted by atomic mass is 32.1. The van der Waals surface area contributed by atoms with Crippen molar-refractivity contribution >= 4 is 35.3 Å². The van der Waals surface area contributed by atoms with Gasteiger partial charge in [0.25, 0.3) is 5.91 Å². The lowest BCUT2D eigenvalue weighted by Crippen LogP contribution is -2.39. The average molecular weight is 474 g/mol. The van der Waals surface area contributed by atoms with Crippen molar-refractivity contribution in [3.63, 3.8) is 0 Å². The minimum atomic E-state index is -0.422. The average Bonchev–Trinajstić information content (AvgIpc) is 2.86. The molecule has 4 aromatic rings. The van der Waals surface area contributed by atoms with Crippen LogP contribution in [0.15, 0.2) is 55.2 Å². The maximum Gasteiger partial charge on any atom is 0.251 e. The number of benzene rings is 1. The topological polar surface area (TPSA) is 106 Å². The largest absolute Gasteiger partial charge is 0.369 e. The van der Waals surface area contributed by atoms with Gasteiger partial charge < -0.3 is 10.6 Å². The molecule has 8 nitrogen and oxygen atoms in total. The Hall–Kier alpha value is -3.59. The van der Waals surface area contributed by atoms with Gasteiger partial charge in [-0.2, -0.15) is 12.6 Å². The zero-order chi connectivity index (χ0) is 24.3. The Labute approximate surface area is 204 Å². The Morgan fingerprint density at radius 2 is 1.88 bits per heavy atom. The van der Waals surface area contributed by atoms with Gasteiger partial charge in [-0.1, -0.05) is 26.0 Å². The zero-order valence-electron chi connectivity index (χ0n) is 19.6. The maximum absolute atomic E-state index is 12.4. The maximum atomic E-state index is 12.4. The van der Waals surface area contributed by atoms with Gasteiger partial charge in [0, 0.05) is 65.4 Å². The summed E-state index contributed by atoms with van der Waals surface area (Å²) in [7, 11) is 1.63. The van der Waals surface area contributed by atoms with Crippen LogP contribution in [0.3, 0.4) is 0 Å². The van der Waals surface area contributed by atoms with E-state index in [1.165, 1.54) is 6.33 Å². The second-order valence-corrected chi connectivity index (χ2v) is 9.17. The smallest absolute Gasteiger partial charge is 0.251 e. The summed E-state index contributed by atoms with van der Waals surface area (Å²) in [5.41, 5.74) is 3.52. The number of carbonyl (C=O) groups excluding carboxylic acids is 1. The number of fused-ring (bicyclic) bond motifs is 1. The molecule has 0 aliphatic heterocycles. The fourth-order valence-corrected chi connectivity index (χ4v) is 4.08. The lowest BCUT2D eigenvalue weighted by atomic mass is 9.77. The van der Waals surface area contributed by atoms with Crippen molar-refractivity contribution in [2.45, 2.75) is 31.4 Å². The SMILES string of the molecule is CNC(=O)c1ccc(C(C)(CNc2cc(-c3cnc(C)nc3)ncn2)C(C)S)c2ncccc12. The molecule has 0 saturated heterocycles. The number of aryl methyl sites for hydroxylation is 1. The molecule has 4 rings (SSSR count). The minimum absolute atomic E-state index is 0.0251. The fraction of sp³-hybridized carbons (Fsp3) is 0.280. The highest BCUT2D eigenvalue weighted by molar-refractivity contribution is 7.81. The number of hydrogen-bond acceptors (Lipinski definition) is 8. The first-order valence-electron chi connectivity index (χ1n) is 11.0. The fourth-order valence-electron chi connectivity index (χ4n) is 3.85. The van der Waals surface area contributed by atoms with E-state index in [1.807, 2.05) is 37.3 Å². The molecule has 34 heavy (non-hydrogen) atoms. The van der Waals surface area contributed by atoms with Crippen LogP contribution in [0.25, 0.3) is 22.2 Å². The number of aromatic nitrogens is 5. The number of pyridine rings is 1. The van der Waals surface area contributed by atoms with E-state index in [2.05, 4.69) is 49.4 Å². The van der Waals surface area contributed by atoms with Crippen LogP contribution in [0.4, 0.5) is 5.82 Å². The summed E-state index contributed by atoms with van der Waals surface area (Å²) in [5.74, 6) is 1.25. The Bertz CT molecular complexity index is 1330. The molecule has 2 N–H and O–H groups in total. The van der Waals surface area contributed by atoms with Crippen LogP contribution in [0.5, 0.6) is 0 Å². The number of rotatable bonds is 7. The van der Waals surface area contributed by atoms with E-state index in [-0.39, 0.29) is 11.2 Å². The number of nitrogens with zero attached hydrogens (tertiary/aromatic N) is 5. The molecule has 2 unspecified atom stereocenters. The standard InChI is InChI=1S/C25H27N7OS/c1-15(34)25(3,20-8-7-19(24(33)26-4)18-6-5-9-27-23(18)20)13-30-22-10-21(31-14-32-22)17-11-28-16(2)29-12-17/h5-12,14-15,34H,13H2,1-4H3,(H,26,33)(H,30,31,32). The highest BCUT2D eigenvalue weighted by Gasteiger charge is 2.34. The van der Waals surface area contributed by atoms with Crippen molar-refractivity contribution in [3.8, 4) is 11.3 Å². The van der Waals surface area contributed by atoms with Gasteiger partial charge in [0.15, 0.2) is 0 Å². The predicted molar refractivity (Wildman–Crippen MR) is 137 cm³/mol. The van der Waals surface area contributed by atoms with Gasteiger partial charge in [0.1, 0.15) is 18.0 Å². The van der Waals surface area contributed by atoms with Gasteiger partial charge in [0.05, 0.1) is 11.2 Å². The zero-order valence-corrected chi connectivity index (χ0v) is 20.5. The third-order valence-corrected chi connectivity index (χ3v) is 6.73. The second kappa shape index (κ2) is 9.72. The number of hydrogen-bond donors (Lipinski definition) is 3. The van der Waals surface area contributed by atoms with Crippen LogP contribution in [-0.4, -0.2) is 49.7 Å². The van der Waals surface area contributed by atoms with Crippen molar-refractivity contribution < 1.29 is 4.79 Å². The summed E-state index contributed by atoms with van der Waals surface area (Å²) >= 11 is 4.84. The van der Waals surface area contributed by atoms with E-state index >= 15 is 0 Å². The molecule has 2 atom stereocenters. The van der Waals surface area contributed by atoms with Crippen LogP contribution in [-0.2, 0) is 5.41 Å². The normalized spacial score (nSPS) is 13.8. The third kappa shape index (κ3) is 4.56. The highest BCUT2D eigenvalue weighted by Crippen LogP contribution is 2.36. The predicted octanol–water partition coefficient (Wildman–Crippen LogP) is 3.84. The molecule has 174 valence electrons. The van der Waals surface area contributed by atoms with Crippen molar-refractivity contribution in [3.05, 3.63) is 72.2 Å². The van der Waals surface area contributed by atoms with Crippen LogP contribution >= 0.6 is 12.6 Å². The van der Waals surface area contributed by atoms with Crippen LogP contribution < -0.4 is 10.6 Å². The van der Waals surface area contributed by atoms with Crippen LogP contribution in [0.2, 0.25) is 0 Å². The Kier molecular flexibility index (Phi) is 6.74. The number of amides is 1. The number of carbonyl (C=O) groups is 1. The van der Waals surface area contributed by atoms with E-state index < -0.39 is 5.41 Å². The molecule has 0 bridgehead atoms. The van der Waals surface area contributed by atoms with Crippen molar-refractivity contribution in [1.82, 2.24) is 30.2 Å². The number of nitrogens with one attached hydrogen (secondary N) is 2. The van der Waals surface area contributed by atoms with Gasteiger partial charge in [-0.05, 0) is 24.6 Å². The molecule has 0 radical (unpaired) electrons.